The first kappa shape index (κ1) is 14.3. The number of rotatable bonds is 4. The summed E-state index contributed by atoms with van der Waals surface area (Å²) < 4.78 is 26.6. The Hall–Kier alpha value is -2.10. The summed E-state index contributed by atoms with van der Waals surface area (Å²) in [6, 6.07) is 9.40. The SMILES string of the molecule is Cc1ccc(NCc2cc(F)ccc2F)cc1N(C)C. The zero-order chi connectivity index (χ0) is 14.7. The van der Waals surface area contributed by atoms with Gasteiger partial charge in [-0.15, -0.1) is 0 Å². The molecule has 0 atom stereocenters. The lowest BCUT2D eigenvalue weighted by atomic mass is 10.1. The molecular weight excluding hydrogens is 258 g/mol. The molecule has 0 saturated carbocycles. The lowest BCUT2D eigenvalue weighted by Crippen LogP contribution is -2.11. The second-order valence-corrected chi connectivity index (χ2v) is 4.98. The van der Waals surface area contributed by atoms with Crippen molar-refractivity contribution in [3.05, 3.63) is 59.2 Å². The van der Waals surface area contributed by atoms with E-state index in [-0.39, 0.29) is 6.54 Å². The largest absolute Gasteiger partial charge is 0.381 e. The lowest BCUT2D eigenvalue weighted by Gasteiger charge is -2.17. The molecule has 2 nitrogen and oxygen atoms in total. The van der Waals surface area contributed by atoms with Crippen molar-refractivity contribution in [2.24, 2.45) is 0 Å². The Morgan fingerprint density at radius 2 is 1.80 bits per heavy atom. The molecular formula is C16H18F2N2. The van der Waals surface area contributed by atoms with Crippen LogP contribution in [0, 0.1) is 18.6 Å². The Morgan fingerprint density at radius 1 is 1.05 bits per heavy atom. The molecule has 4 heteroatoms. The van der Waals surface area contributed by atoms with Crippen molar-refractivity contribution in [1.82, 2.24) is 0 Å². The fourth-order valence-electron chi connectivity index (χ4n) is 2.08. The fraction of sp³-hybridized carbons (Fsp3) is 0.250. The summed E-state index contributed by atoms with van der Waals surface area (Å²) in [5, 5.41) is 3.12. The summed E-state index contributed by atoms with van der Waals surface area (Å²) in [5.41, 5.74) is 3.45. The number of halogens is 2. The average Bonchev–Trinajstić information content (AvgIpc) is 2.41. The maximum absolute atomic E-state index is 13.5. The van der Waals surface area contributed by atoms with E-state index >= 15 is 0 Å². The van der Waals surface area contributed by atoms with Gasteiger partial charge < -0.3 is 10.2 Å². The topological polar surface area (TPSA) is 15.3 Å². The minimum Gasteiger partial charge on any atom is -0.381 e. The summed E-state index contributed by atoms with van der Waals surface area (Å²) in [5.74, 6) is -0.833. The minimum atomic E-state index is -0.430. The Kier molecular flexibility index (Phi) is 4.23. The van der Waals surface area contributed by atoms with Crippen molar-refractivity contribution in [2.75, 3.05) is 24.3 Å². The highest BCUT2D eigenvalue weighted by atomic mass is 19.1. The van der Waals surface area contributed by atoms with Crippen molar-refractivity contribution < 1.29 is 8.78 Å². The zero-order valence-electron chi connectivity index (χ0n) is 11.9. The summed E-state index contributed by atoms with van der Waals surface area (Å²) in [7, 11) is 3.94. The van der Waals surface area contributed by atoms with Crippen molar-refractivity contribution in [3.8, 4) is 0 Å². The summed E-state index contributed by atoms with van der Waals surface area (Å²) in [4.78, 5) is 2.02. The molecule has 0 aromatic heterocycles. The minimum absolute atomic E-state index is 0.250. The fourth-order valence-corrected chi connectivity index (χ4v) is 2.08. The smallest absolute Gasteiger partial charge is 0.128 e. The third-order valence-corrected chi connectivity index (χ3v) is 3.18. The van der Waals surface area contributed by atoms with Crippen molar-refractivity contribution in [3.63, 3.8) is 0 Å². The van der Waals surface area contributed by atoms with E-state index in [1.807, 2.05) is 44.1 Å². The van der Waals surface area contributed by atoms with E-state index in [0.29, 0.717) is 5.56 Å². The Morgan fingerprint density at radius 3 is 2.50 bits per heavy atom. The monoisotopic (exact) mass is 276 g/mol. The van der Waals surface area contributed by atoms with Gasteiger partial charge in [-0.3, -0.25) is 0 Å². The van der Waals surface area contributed by atoms with E-state index in [1.165, 1.54) is 6.07 Å². The second-order valence-electron chi connectivity index (χ2n) is 4.98. The quantitative estimate of drug-likeness (QED) is 0.909. The highest BCUT2D eigenvalue weighted by molar-refractivity contribution is 5.61. The molecule has 1 N–H and O–H groups in total. The highest BCUT2D eigenvalue weighted by Gasteiger charge is 2.05. The van der Waals surface area contributed by atoms with Crippen molar-refractivity contribution >= 4 is 11.4 Å². The normalized spacial score (nSPS) is 10.4. The average molecular weight is 276 g/mol. The molecule has 0 radical (unpaired) electrons. The Bertz CT molecular complexity index is 609. The van der Waals surface area contributed by atoms with Gasteiger partial charge in [0.15, 0.2) is 0 Å². The standard InChI is InChI=1S/C16H18F2N2/c1-11-4-6-14(9-16(11)20(2)3)19-10-12-8-13(17)5-7-15(12)18/h4-9,19H,10H2,1-3H3. The van der Waals surface area contributed by atoms with Crippen LogP contribution in [0.25, 0.3) is 0 Å². The molecule has 2 aromatic rings. The maximum atomic E-state index is 13.5. The molecule has 0 bridgehead atoms. The van der Waals surface area contributed by atoms with Gasteiger partial charge in [0.25, 0.3) is 0 Å². The number of nitrogens with zero attached hydrogens (tertiary/aromatic N) is 1. The maximum Gasteiger partial charge on any atom is 0.128 e. The van der Waals surface area contributed by atoms with E-state index in [4.69, 9.17) is 0 Å². The van der Waals surface area contributed by atoms with Gasteiger partial charge in [-0.2, -0.15) is 0 Å². The predicted octanol–water partition coefficient (Wildman–Crippen LogP) is 3.95. The Labute approximate surface area is 118 Å². The number of aryl methyl sites for hydroxylation is 1. The molecule has 0 spiro atoms. The molecule has 0 fully saturated rings. The first-order valence-electron chi connectivity index (χ1n) is 6.43. The van der Waals surface area contributed by atoms with Gasteiger partial charge in [0.1, 0.15) is 11.6 Å². The zero-order valence-corrected chi connectivity index (χ0v) is 11.9. The molecule has 0 aliphatic carbocycles. The number of anilines is 2. The van der Waals surface area contributed by atoms with Gasteiger partial charge in [-0.25, -0.2) is 8.78 Å². The molecule has 20 heavy (non-hydrogen) atoms. The molecule has 0 heterocycles. The van der Waals surface area contributed by atoms with Crippen LogP contribution in [-0.4, -0.2) is 14.1 Å². The van der Waals surface area contributed by atoms with Crippen LogP contribution in [0.2, 0.25) is 0 Å². The lowest BCUT2D eigenvalue weighted by molar-refractivity contribution is 0.587. The van der Waals surface area contributed by atoms with Crippen LogP contribution in [0.15, 0.2) is 36.4 Å². The van der Waals surface area contributed by atoms with Crippen molar-refractivity contribution in [2.45, 2.75) is 13.5 Å². The van der Waals surface area contributed by atoms with E-state index < -0.39 is 11.6 Å². The molecule has 2 rings (SSSR count). The molecule has 0 unspecified atom stereocenters. The van der Waals surface area contributed by atoms with Crippen molar-refractivity contribution in [1.29, 1.82) is 0 Å². The van der Waals surface area contributed by atoms with E-state index in [1.54, 1.807) is 0 Å². The third-order valence-electron chi connectivity index (χ3n) is 3.18. The molecule has 106 valence electrons. The van der Waals surface area contributed by atoms with Crippen LogP contribution < -0.4 is 10.2 Å². The summed E-state index contributed by atoms with van der Waals surface area (Å²) in [6.07, 6.45) is 0. The molecule has 0 aliphatic heterocycles. The van der Waals surface area contributed by atoms with Crippen LogP contribution in [0.4, 0.5) is 20.2 Å². The van der Waals surface area contributed by atoms with Crippen LogP contribution in [0.5, 0.6) is 0 Å². The summed E-state index contributed by atoms with van der Waals surface area (Å²) >= 11 is 0. The van der Waals surface area contributed by atoms with Gasteiger partial charge in [0, 0.05) is 37.6 Å². The van der Waals surface area contributed by atoms with Gasteiger partial charge in [-0.1, -0.05) is 6.07 Å². The van der Waals surface area contributed by atoms with Gasteiger partial charge in [0.05, 0.1) is 0 Å². The van der Waals surface area contributed by atoms with Crippen LogP contribution in [0.1, 0.15) is 11.1 Å². The van der Waals surface area contributed by atoms with Gasteiger partial charge in [-0.05, 0) is 42.8 Å². The molecule has 0 amide bonds. The first-order chi connectivity index (χ1) is 9.47. The van der Waals surface area contributed by atoms with E-state index in [9.17, 15) is 8.78 Å². The number of hydrogen-bond acceptors (Lipinski definition) is 2. The highest BCUT2D eigenvalue weighted by Crippen LogP contribution is 2.23. The molecule has 0 saturated heterocycles. The van der Waals surface area contributed by atoms with Gasteiger partial charge >= 0.3 is 0 Å². The summed E-state index contributed by atoms with van der Waals surface area (Å²) in [6.45, 7) is 2.28. The van der Waals surface area contributed by atoms with Gasteiger partial charge in [0.2, 0.25) is 0 Å². The van der Waals surface area contributed by atoms with Crippen LogP contribution in [0.3, 0.4) is 0 Å². The third kappa shape index (κ3) is 3.26. The van der Waals surface area contributed by atoms with E-state index in [0.717, 1.165) is 29.1 Å². The van der Waals surface area contributed by atoms with Crippen LogP contribution in [-0.2, 0) is 6.54 Å². The molecule has 2 aromatic carbocycles. The predicted molar refractivity (Wildman–Crippen MR) is 79.2 cm³/mol. The van der Waals surface area contributed by atoms with Crippen LogP contribution >= 0.6 is 0 Å². The number of benzene rings is 2. The Balaban J connectivity index is 2.15. The van der Waals surface area contributed by atoms with E-state index in [2.05, 4.69) is 5.32 Å². The number of hydrogen-bond donors (Lipinski definition) is 1. The first-order valence-corrected chi connectivity index (χ1v) is 6.43. The second kappa shape index (κ2) is 5.90. The number of nitrogens with one attached hydrogen (secondary N) is 1. The molecule has 0 aliphatic rings.